The van der Waals surface area contributed by atoms with Crippen molar-refractivity contribution in [2.24, 2.45) is 16.6 Å². The van der Waals surface area contributed by atoms with Crippen molar-refractivity contribution in [3.8, 4) is 0 Å². The highest BCUT2D eigenvalue weighted by Crippen LogP contribution is 2.25. The second kappa shape index (κ2) is 6.75. The molecule has 1 aromatic rings. The van der Waals surface area contributed by atoms with Gasteiger partial charge in [0.15, 0.2) is 5.96 Å². The molecule has 0 radical (unpaired) electrons. The lowest BCUT2D eigenvalue weighted by Crippen LogP contribution is -2.25. The number of aliphatic hydroxyl groups excluding tert-OH is 1. The van der Waals surface area contributed by atoms with Crippen molar-refractivity contribution in [2.45, 2.75) is 45.1 Å². The van der Waals surface area contributed by atoms with E-state index >= 15 is 0 Å². The number of benzene rings is 1. The van der Waals surface area contributed by atoms with E-state index in [9.17, 15) is 5.11 Å². The molecule has 1 aliphatic carbocycles. The molecule has 4 N–H and O–H groups in total. The van der Waals surface area contributed by atoms with Gasteiger partial charge in [-0.3, -0.25) is 4.99 Å². The van der Waals surface area contributed by atoms with Gasteiger partial charge in [0.25, 0.3) is 0 Å². The van der Waals surface area contributed by atoms with Crippen molar-refractivity contribution in [2.75, 3.05) is 11.9 Å². The van der Waals surface area contributed by atoms with Gasteiger partial charge in [0.05, 0.1) is 6.10 Å². The van der Waals surface area contributed by atoms with Crippen LogP contribution < -0.4 is 11.1 Å². The maximum Gasteiger partial charge on any atom is 0.193 e. The third-order valence-electron chi connectivity index (χ3n) is 3.94. The molecule has 1 saturated carbocycles. The topological polar surface area (TPSA) is 70.6 Å². The lowest BCUT2D eigenvalue weighted by Gasteiger charge is -2.13. The quantitative estimate of drug-likeness (QED) is 0.584. The number of rotatable bonds is 4. The summed E-state index contributed by atoms with van der Waals surface area (Å²) in [5, 5.41) is 12.9. The molecule has 0 bridgehead atoms. The minimum atomic E-state index is -0.212. The predicted octanol–water partition coefficient (Wildman–Crippen LogP) is 2.70. The molecule has 0 aliphatic heterocycles. The van der Waals surface area contributed by atoms with Crippen molar-refractivity contribution < 1.29 is 5.11 Å². The van der Waals surface area contributed by atoms with Gasteiger partial charge in [0, 0.05) is 18.2 Å². The number of guanidine groups is 1. The lowest BCUT2D eigenvalue weighted by molar-refractivity contribution is 0.137. The van der Waals surface area contributed by atoms with Crippen molar-refractivity contribution in [3.63, 3.8) is 0 Å². The molecular formula is C16H25N3O. The van der Waals surface area contributed by atoms with E-state index in [1.165, 1.54) is 5.56 Å². The average molecular weight is 275 g/mol. The van der Waals surface area contributed by atoms with E-state index in [1.807, 2.05) is 12.1 Å². The summed E-state index contributed by atoms with van der Waals surface area (Å²) in [6, 6.07) is 8.21. The summed E-state index contributed by atoms with van der Waals surface area (Å²) in [6.07, 6.45) is 2.81. The van der Waals surface area contributed by atoms with E-state index in [0.717, 1.165) is 24.9 Å². The first-order valence-electron chi connectivity index (χ1n) is 7.41. The van der Waals surface area contributed by atoms with Crippen LogP contribution in [0.3, 0.4) is 0 Å². The van der Waals surface area contributed by atoms with Crippen LogP contribution in [0.2, 0.25) is 0 Å². The Morgan fingerprint density at radius 1 is 1.45 bits per heavy atom. The molecule has 1 aromatic carbocycles. The molecule has 2 rings (SSSR count). The molecule has 1 fully saturated rings. The number of aliphatic hydroxyl groups is 1. The first-order valence-corrected chi connectivity index (χ1v) is 7.41. The Bertz CT molecular complexity index is 471. The molecular weight excluding hydrogens is 250 g/mol. The third-order valence-corrected chi connectivity index (χ3v) is 3.94. The average Bonchev–Trinajstić information content (AvgIpc) is 2.82. The van der Waals surface area contributed by atoms with Crippen LogP contribution in [0.25, 0.3) is 0 Å². The normalized spacial score (nSPS) is 23.3. The molecule has 4 nitrogen and oxygen atoms in total. The van der Waals surface area contributed by atoms with Crippen LogP contribution in [0.4, 0.5) is 5.69 Å². The number of anilines is 1. The van der Waals surface area contributed by atoms with Gasteiger partial charge in [0.1, 0.15) is 0 Å². The van der Waals surface area contributed by atoms with Gasteiger partial charge in [-0.05, 0) is 36.5 Å². The zero-order valence-corrected chi connectivity index (χ0v) is 12.3. The van der Waals surface area contributed by atoms with Crippen molar-refractivity contribution in [3.05, 3.63) is 29.8 Å². The molecule has 2 unspecified atom stereocenters. The third kappa shape index (κ3) is 3.97. The van der Waals surface area contributed by atoms with Crippen molar-refractivity contribution in [1.29, 1.82) is 0 Å². The van der Waals surface area contributed by atoms with Gasteiger partial charge in [0.2, 0.25) is 0 Å². The molecule has 0 spiro atoms. The molecule has 0 heterocycles. The summed E-state index contributed by atoms with van der Waals surface area (Å²) in [5.41, 5.74) is 8.15. The largest absolute Gasteiger partial charge is 0.393 e. The van der Waals surface area contributed by atoms with E-state index in [2.05, 4.69) is 36.3 Å². The monoisotopic (exact) mass is 275 g/mol. The highest BCUT2D eigenvalue weighted by molar-refractivity contribution is 5.92. The Balaban J connectivity index is 1.93. The zero-order chi connectivity index (χ0) is 14.5. The number of hydrogen-bond acceptors (Lipinski definition) is 2. The van der Waals surface area contributed by atoms with Crippen LogP contribution in [0, 0.1) is 5.92 Å². The predicted molar refractivity (Wildman–Crippen MR) is 84.0 cm³/mol. The van der Waals surface area contributed by atoms with Crippen molar-refractivity contribution >= 4 is 11.6 Å². The standard InChI is InChI=1S/C16H25N3O/c1-11(2)12-5-3-7-14(9-12)19-16(17)18-10-13-6-4-8-15(13)20/h3,5,7,9,11,13,15,20H,4,6,8,10H2,1-2H3,(H3,17,18,19). The summed E-state index contributed by atoms with van der Waals surface area (Å²) in [4.78, 5) is 4.35. The number of hydrogen-bond donors (Lipinski definition) is 3. The van der Waals surface area contributed by atoms with Crippen LogP contribution in [-0.4, -0.2) is 23.7 Å². The first kappa shape index (κ1) is 14.9. The minimum absolute atomic E-state index is 0.212. The first-order chi connectivity index (χ1) is 9.56. The van der Waals surface area contributed by atoms with E-state index in [-0.39, 0.29) is 12.0 Å². The highest BCUT2D eigenvalue weighted by Gasteiger charge is 2.24. The Labute approximate surface area is 121 Å². The Morgan fingerprint density at radius 3 is 2.90 bits per heavy atom. The maximum absolute atomic E-state index is 9.76. The highest BCUT2D eigenvalue weighted by atomic mass is 16.3. The summed E-state index contributed by atoms with van der Waals surface area (Å²) in [6.45, 7) is 4.93. The van der Waals surface area contributed by atoms with Gasteiger partial charge < -0.3 is 16.2 Å². The SMILES string of the molecule is CC(C)c1cccc(NC(N)=NCC2CCCC2O)c1. The number of nitrogens with one attached hydrogen (secondary N) is 1. The number of aliphatic imine (C=N–C) groups is 1. The van der Waals surface area contributed by atoms with Crippen molar-refractivity contribution in [1.82, 2.24) is 0 Å². The van der Waals surface area contributed by atoms with E-state index in [1.54, 1.807) is 0 Å². The molecule has 0 aromatic heterocycles. The molecule has 20 heavy (non-hydrogen) atoms. The van der Waals surface area contributed by atoms with Gasteiger partial charge in [-0.2, -0.15) is 0 Å². The van der Waals surface area contributed by atoms with E-state index in [0.29, 0.717) is 18.4 Å². The Kier molecular flexibility index (Phi) is 5.01. The molecule has 1 aliphatic rings. The fraction of sp³-hybridized carbons (Fsp3) is 0.562. The fourth-order valence-electron chi connectivity index (χ4n) is 2.61. The summed E-state index contributed by atoms with van der Waals surface area (Å²) in [5.74, 6) is 1.17. The van der Waals surface area contributed by atoms with Crippen LogP contribution in [0.15, 0.2) is 29.3 Å². The maximum atomic E-state index is 9.76. The van der Waals surface area contributed by atoms with Gasteiger partial charge >= 0.3 is 0 Å². The fourth-order valence-corrected chi connectivity index (χ4v) is 2.61. The molecule has 4 heteroatoms. The summed E-state index contributed by atoms with van der Waals surface area (Å²) in [7, 11) is 0. The molecule has 2 atom stereocenters. The van der Waals surface area contributed by atoms with E-state index in [4.69, 9.17) is 5.73 Å². The van der Waals surface area contributed by atoms with Crippen LogP contribution in [0.1, 0.15) is 44.6 Å². The Hall–Kier alpha value is -1.55. The van der Waals surface area contributed by atoms with Gasteiger partial charge in [-0.1, -0.05) is 32.4 Å². The van der Waals surface area contributed by atoms with Gasteiger partial charge in [-0.25, -0.2) is 0 Å². The second-order valence-electron chi connectivity index (χ2n) is 5.89. The van der Waals surface area contributed by atoms with Gasteiger partial charge in [-0.15, -0.1) is 0 Å². The lowest BCUT2D eigenvalue weighted by atomic mass is 10.0. The second-order valence-corrected chi connectivity index (χ2v) is 5.89. The van der Waals surface area contributed by atoms with E-state index < -0.39 is 0 Å². The smallest absolute Gasteiger partial charge is 0.193 e. The Morgan fingerprint density at radius 2 is 2.25 bits per heavy atom. The van der Waals surface area contributed by atoms with Crippen LogP contribution >= 0.6 is 0 Å². The number of nitrogens with zero attached hydrogens (tertiary/aromatic N) is 1. The van der Waals surface area contributed by atoms with Crippen LogP contribution in [-0.2, 0) is 0 Å². The molecule has 0 saturated heterocycles. The zero-order valence-electron chi connectivity index (χ0n) is 12.3. The summed E-state index contributed by atoms with van der Waals surface area (Å²) < 4.78 is 0. The molecule has 0 amide bonds. The minimum Gasteiger partial charge on any atom is -0.393 e. The summed E-state index contributed by atoms with van der Waals surface area (Å²) >= 11 is 0. The molecule has 110 valence electrons. The number of nitrogens with two attached hydrogens (primary N) is 1. The van der Waals surface area contributed by atoms with Crippen LogP contribution in [0.5, 0.6) is 0 Å².